The molecule has 2 aliphatic carbocycles. The summed E-state index contributed by atoms with van der Waals surface area (Å²) in [6, 6.07) is 2.10. The first-order valence-corrected chi connectivity index (χ1v) is 10.1. The van der Waals surface area contributed by atoms with Gasteiger partial charge in [0, 0.05) is 40.3 Å². The van der Waals surface area contributed by atoms with Gasteiger partial charge in [-0.15, -0.1) is 0 Å². The van der Waals surface area contributed by atoms with E-state index in [1.807, 2.05) is 26.1 Å². The molecule has 7 heteroatoms. The van der Waals surface area contributed by atoms with Crippen LogP contribution in [0.15, 0.2) is 23.6 Å². The van der Waals surface area contributed by atoms with Crippen LogP contribution in [0.5, 0.6) is 0 Å². The van der Waals surface area contributed by atoms with Crippen molar-refractivity contribution in [2.45, 2.75) is 64.5 Å². The number of aliphatic hydroxyl groups is 1. The van der Waals surface area contributed by atoms with Gasteiger partial charge in [0.25, 0.3) is 0 Å². The highest BCUT2D eigenvalue weighted by molar-refractivity contribution is 6.66. The van der Waals surface area contributed by atoms with Gasteiger partial charge >= 0.3 is 7.05 Å². The summed E-state index contributed by atoms with van der Waals surface area (Å²) < 4.78 is 0. The Morgan fingerprint density at radius 2 is 2.26 bits per heavy atom. The molecule has 2 fully saturated rings. The lowest BCUT2D eigenvalue weighted by molar-refractivity contribution is 0.0330. The fraction of sp³-hybridized carbons (Fsp3) is 0.600. The predicted molar refractivity (Wildman–Crippen MR) is 107 cm³/mol. The molecule has 0 saturated heterocycles. The second-order valence-electron chi connectivity index (χ2n) is 8.98. The maximum Gasteiger partial charge on any atom is 0.468 e. The Balaban J connectivity index is 1.77. The molecule has 6 nitrogen and oxygen atoms in total. The standard InChI is InChI=1S/C20H27BN4O2/c1-4-20(11-19(26)7-5-13(20)9-19)17-16-14-6-8-22-18(14)23-10-15(16)21(27)25(24-17)12(2)3/h6,8,10,12-13,26-27H,4-5,7,9,11H2,1-3H3,(H,22,23)/t13-,19-,20+/m0/s1. The predicted octanol–water partition coefficient (Wildman–Crippen LogP) is 2.01. The van der Waals surface area contributed by atoms with Crippen LogP contribution in [0.25, 0.3) is 11.0 Å². The highest BCUT2D eigenvalue weighted by Crippen LogP contribution is 2.61. The summed E-state index contributed by atoms with van der Waals surface area (Å²) in [5, 5.41) is 28.1. The molecule has 0 aromatic carbocycles. The van der Waals surface area contributed by atoms with Gasteiger partial charge in [0.2, 0.25) is 0 Å². The molecule has 0 unspecified atom stereocenters. The summed E-state index contributed by atoms with van der Waals surface area (Å²) in [5.74, 6) is 0.436. The SMILES string of the molecule is CC[C@@]1(C2=NN(C(C)C)B(O)c3cnc4[nH]ccc4c32)C[C@]2(O)CC[C@H]1C2. The molecule has 2 aromatic rings. The molecule has 5 rings (SSSR count). The molecular weight excluding hydrogens is 339 g/mol. The fourth-order valence-corrected chi connectivity index (χ4v) is 5.92. The zero-order chi connectivity index (χ0) is 19.0. The van der Waals surface area contributed by atoms with Crippen LogP contribution in [0.4, 0.5) is 0 Å². The average Bonchev–Trinajstić information content (AvgIpc) is 3.33. The lowest BCUT2D eigenvalue weighted by Crippen LogP contribution is -2.57. The summed E-state index contributed by atoms with van der Waals surface area (Å²) in [5.41, 5.74) is 2.98. The molecule has 1 aliphatic heterocycles. The highest BCUT2D eigenvalue weighted by atomic mass is 16.3. The third kappa shape index (κ3) is 2.21. The van der Waals surface area contributed by atoms with Crippen LogP contribution >= 0.6 is 0 Å². The molecule has 3 heterocycles. The Bertz CT molecular complexity index is 941. The first kappa shape index (κ1) is 17.3. The Morgan fingerprint density at radius 3 is 2.89 bits per heavy atom. The van der Waals surface area contributed by atoms with E-state index in [1.54, 1.807) is 11.1 Å². The minimum absolute atomic E-state index is 0.0701. The molecule has 0 spiro atoms. The van der Waals surface area contributed by atoms with Crippen molar-refractivity contribution in [3.8, 4) is 0 Å². The van der Waals surface area contributed by atoms with E-state index in [0.29, 0.717) is 5.92 Å². The topological polar surface area (TPSA) is 84.7 Å². The molecule has 3 aliphatic rings. The van der Waals surface area contributed by atoms with Crippen molar-refractivity contribution in [3.05, 3.63) is 24.0 Å². The van der Waals surface area contributed by atoms with E-state index in [4.69, 9.17) is 5.10 Å². The maximum atomic E-state index is 11.1. The minimum atomic E-state index is -0.800. The largest absolute Gasteiger partial charge is 0.468 e. The molecule has 2 bridgehead atoms. The molecule has 27 heavy (non-hydrogen) atoms. The van der Waals surface area contributed by atoms with Crippen molar-refractivity contribution in [1.29, 1.82) is 0 Å². The lowest BCUT2D eigenvalue weighted by Gasteiger charge is -2.44. The quantitative estimate of drug-likeness (QED) is 0.726. The van der Waals surface area contributed by atoms with Crippen LogP contribution in [0.2, 0.25) is 0 Å². The molecule has 3 atom stereocenters. The van der Waals surface area contributed by atoms with Crippen molar-refractivity contribution in [2.75, 3.05) is 0 Å². The van der Waals surface area contributed by atoms with Gasteiger partial charge in [-0.25, -0.2) is 4.98 Å². The van der Waals surface area contributed by atoms with Crippen molar-refractivity contribution in [1.82, 2.24) is 14.9 Å². The van der Waals surface area contributed by atoms with Gasteiger partial charge in [0.15, 0.2) is 0 Å². The monoisotopic (exact) mass is 366 g/mol. The Hall–Kier alpha value is -1.86. The fourth-order valence-electron chi connectivity index (χ4n) is 5.92. The first-order valence-electron chi connectivity index (χ1n) is 10.1. The second kappa shape index (κ2) is 5.58. The van der Waals surface area contributed by atoms with Crippen LogP contribution in [0.3, 0.4) is 0 Å². The zero-order valence-corrected chi connectivity index (χ0v) is 16.2. The van der Waals surface area contributed by atoms with Crippen LogP contribution in [-0.2, 0) is 0 Å². The number of fused-ring (bicyclic) bond motifs is 5. The number of hydrogen-bond donors (Lipinski definition) is 3. The molecule has 0 radical (unpaired) electrons. The summed E-state index contributed by atoms with van der Waals surface area (Å²) in [7, 11) is -0.800. The Labute approximate surface area is 159 Å². The summed E-state index contributed by atoms with van der Waals surface area (Å²) in [4.78, 5) is 9.51. The van der Waals surface area contributed by atoms with Crippen molar-refractivity contribution in [3.63, 3.8) is 0 Å². The third-order valence-corrected chi connectivity index (χ3v) is 7.24. The van der Waals surface area contributed by atoms with Gasteiger partial charge in [0.05, 0.1) is 11.3 Å². The summed E-state index contributed by atoms with van der Waals surface area (Å²) >= 11 is 0. The Kier molecular flexibility index (Phi) is 3.57. The van der Waals surface area contributed by atoms with Gasteiger partial charge in [-0.1, -0.05) is 6.92 Å². The van der Waals surface area contributed by atoms with Crippen molar-refractivity contribution in [2.24, 2.45) is 16.4 Å². The molecule has 0 amide bonds. The van der Waals surface area contributed by atoms with Gasteiger partial charge in [-0.05, 0) is 57.9 Å². The van der Waals surface area contributed by atoms with E-state index < -0.39 is 12.7 Å². The van der Waals surface area contributed by atoms with E-state index in [9.17, 15) is 10.1 Å². The van der Waals surface area contributed by atoms with Gasteiger partial charge in [-0.2, -0.15) is 5.10 Å². The molecule has 3 N–H and O–H groups in total. The molecule has 2 saturated carbocycles. The second-order valence-corrected chi connectivity index (χ2v) is 8.98. The van der Waals surface area contributed by atoms with Gasteiger partial charge in [0.1, 0.15) is 5.65 Å². The lowest BCUT2D eigenvalue weighted by atomic mass is 9.60. The van der Waals surface area contributed by atoms with Crippen LogP contribution < -0.4 is 5.46 Å². The smallest absolute Gasteiger partial charge is 0.428 e. The molecule has 142 valence electrons. The number of pyridine rings is 1. The molecular formula is C20H27BN4O2. The number of H-pyrrole nitrogens is 1. The minimum Gasteiger partial charge on any atom is -0.428 e. The summed E-state index contributed by atoms with van der Waals surface area (Å²) in [6.07, 6.45) is 8.18. The number of aromatic amines is 1. The zero-order valence-electron chi connectivity index (χ0n) is 16.2. The maximum absolute atomic E-state index is 11.1. The van der Waals surface area contributed by atoms with E-state index in [0.717, 1.165) is 59.9 Å². The molecule has 2 aromatic heterocycles. The Morgan fingerprint density at radius 1 is 1.44 bits per heavy atom. The van der Waals surface area contributed by atoms with Crippen LogP contribution in [0, 0.1) is 11.3 Å². The number of nitrogens with one attached hydrogen (secondary N) is 1. The number of hydrazone groups is 1. The first-order chi connectivity index (χ1) is 12.9. The van der Waals surface area contributed by atoms with Crippen molar-refractivity contribution >= 4 is 29.3 Å². The van der Waals surface area contributed by atoms with E-state index in [1.165, 1.54) is 0 Å². The average molecular weight is 366 g/mol. The number of nitrogens with zero attached hydrogens (tertiary/aromatic N) is 3. The highest BCUT2D eigenvalue weighted by Gasteiger charge is 2.61. The summed E-state index contributed by atoms with van der Waals surface area (Å²) in [6.45, 7) is 6.31. The third-order valence-electron chi connectivity index (χ3n) is 7.24. The van der Waals surface area contributed by atoms with Crippen molar-refractivity contribution < 1.29 is 10.1 Å². The van der Waals surface area contributed by atoms with Crippen LogP contribution in [0.1, 0.15) is 58.4 Å². The van der Waals surface area contributed by atoms with E-state index in [-0.39, 0.29) is 11.5 Å². The number of hydrogen-bond acceptors (Lipinski definition) is 5. The normalized spacial score (nSPS) is 32.5. The van der Waals surface area contributed by atoms with Gasteiger partial charge in [-0.3, -0.25) is 0 Å². The van der Waals surface area contributed by atoms with E-state index >= 15 is 0 Å². The number of rotatable bonds is 3. The van der Waals surface area contributed by atoms with Gasteiger partial charge < -0.3 is 20.0 Å². The number of aromatic nitrogens is 2. The van der Waals surface area contributed by atoms with Crippen LogP contribution in [-0.4, -0.2) is 49.4 Å². The van der Waals surface area contributed by atoms with E-state index in [2.05, 4.69) is 16.9 Å².